The Hall–Kier alpha value is -3.02. The van der Waals surface area contributed by atoms with Crippen molar-refractivity contribution >= 4 is 18.4 Å². The standard InChI is InChI=1S/C25H25NO4.ClH/c26-21(15-18-7-3-1-4-8-18)17-29-22-12-11-20-13-14-28-24(20)23(22)25(27)30-16-19-9-5-2-6-10-19;/h1-12,21H,13-17,26H2;1H/t21-;/m1./s1. The second kappa shape index (κ2) is 10.8. The predicted octanol–water partition coefficient (Wildman–Crippen LogP) is 4.35. The van der Waals surface area contributed by atoms with Gasteiger partial charge < -0.3 is 19.9 Å². The average Bonchev–Trinajstić information content (AvgIpc) is 3.26. The molecule has 1 aliphatic heterocycles. The normalized spacial score (nSPS) is 12.8. The molecule has 0 unspecified atom stereocenters. The molecule has 1 atom stereocenters. The van der Waals surface area contributed by atoms with Crippen LogP contribution in [0.2, 0.25) is 0 Å². The second-order valence-corrected chi connectivity index (χ2v) is 7.35. The third kappa shape index (κ3) is 5.78. The van der Waals surface area contributed by atoms with E-state index in [1.54, 1.807) is 0 Å². The maximum Gasteiger partial charge on any atom is 0.346 e. The van der Waals surface area contributed by atoms with Crippen LogP contribution in [0.1, 0.15) is 27.0 Å². The van der Waals surface area contributed by atoms with E-state index in [9.17, 15) is 4.79 Å². The zero-order chi connectivity index (χ0) is 20.8. The van der Waals surface area contributed by atoms with Crippen molar-refractivity contribution < 1.29 is 19.0 Å². The van der Waals surface area contributed by atoms with E-state index in [0.717, 1.165) is 23.1 Å². The van der Waals surface area contributed by atoms with Crippen LogP contribution in [0.25, 0.3) is 0 Å². The van der Waals surface area contributed by atoms with E-state index in [2.05, 4.69) is 0 Å². The highest BCUT2D eigenvalue weighted by molar-refractivity contribution is 5.96. The predicted molar refractivity (Wildman–Crippen MR) is 122 cm³/mol. The van der Waals surface area contributed by atoms with Crippen molar-refractivity contribution in [3.8, 4) is 11.5 Å². The number of carbonyl (C=O) groups excluding carboxylic acids is 1. The zero-order valence-corrected chi connectivity index (χ0v) is 18.0. The number of nitrogens with two attached hydrogens (primary N) is 1. The Balaban J connectivity index is 0.00000272. The van der Waals surface area contributed by atoms with Crippen LogP contribution < -0.4 is 15.2 Å². The Bertz CT molecular complexity index is 995. The van der Waals surface area contributed by atoms with Crippen LogP contribution in [0.4, 0.5) is 0 Å². The molecule has 1 heterocycles. The molecule has 0 bridgehead atoms. The SMILES string of the molecule is Cl.N[C@@H](COc1ccc2c(c1C(=O)OCc1ccccc1)OCC2)Cc1ccccc1. The van der Waals surface area contributed by atoms with Crippen molar-refractivity contribution in [2.75, 3.05) is 13.2 Å². The number of carbonyl (C=O) groups is 1. The zero-order valence-electron chi connectivity index (χ0n) is 17.2. The van der Waals surface area contributed by atoms with Crippen LogP contribution in [0.3, 0.4) is 0 Å². The first kappa shape index (κ1) is 22.7. The molecule has 0 spiro atoms. The van der Waals surface area contributed by atoms with Gasteiger partial charge in [-0.05, 0) is 29.2 Å². The fraction of sp³-hybridized carbons (Fsp3) is 0.240. The maximum absolute atomic E-state index is 12.9. The third-order valence-corrected chi connectivity index (χ3v) is 5.03. The molecule has 162 valence electrons. The second-order valence-electron chi connectivity index (χ2n) is 7.35. The number of hydrogen-bond acceptors (Lipinski definition) is 5. The van der Waals surface area contributed by atoms with Gasteiger partial charge in [-0.1, -0.05) is 66.7 Å². The first-order chi connectivity index (χ1) is 14.7. The van der Waals surface area contributed by atoms with E-state index in [1.807, 2.05) is 72.8 Å². The molecule has 6 heteroatoms. The molecular weight excluding hydrogens is 414 g/mol. The lowest BCUT2D eigenvalue weighted by Crippen LogP contribution is -2.30. The lowest BCUT2D eigenvalue weighted by Gasteiger charge is -2.17. The lowest BCUT2D eigenvalue weighted by atomic mass is 10.1. The molecule has 0 saturated carbocycles. The highest BCUT2D eigenvalue weighted by Crippen LogP contribution is 2.37. The molecule has 2 N–H and O–H groups in total. The number of esters is 1. The van der Waals surface area contributed by atoms with E-state index in [0.29, 0.717) is 30.1 Å². The quantitative estimate of drug-likeness (QED) is 0.528. The van der Waals surface area contributed by atoms with Crippen LogP contribution in [-0.4, -0.2) is 25.2 Å². The lowest BCUT2D eigenvalue weighted by molar-refractivity contribution is 0.0463. The van der Waals surface area contributed by atoms with Crippen LogP contribution in [-0.2, 0) is 24.2 Å². The van der Waals surface area contributed by atoms with Crippen molar-refractivity contribution in [3.05, 3.63) is 95.1 Å². The molecule has 5 nitrogen and oxygen atoms in total. The molecule has 31 heavy (non-hydrogen) atoms. The van der Waals surface area contributed by atoms with Gasteiger partial charge in [0.25, 0.3) is 0 Å². The van der Waals surface area contributed by atoms with E-state index >= 15 is 0 Å². The molecule has 3 aromatic carbocycles. The fourth-order valence-corrected chi connectivity index (χ4v) is 3.51. The third-order valence-electron chi connectivity index (χ3n) is 5.03. The summed E-state index contributed by atoms with van der Waals surface area (Å²) in [6.45, 7) is 1.02. The Kier molecular flexibility index (Phi) is 7.93. The van der Waals surface area contributed by atoms with Crippen molar-refractivity contribution in [1.82, 2.24) is 0 Å². The summed E-state index contributed by atoms with van der Waals surface area (Å²) >= 11 is 0. The highest BCUT2D eigenvalue weighted by Gasteiger charge is 2.27. The summed E-state index contributed by atoms with van der Waals surface area (Å²) in [4.78, 5) is 12.9. The topological polar surface area (TPSA) is 70.8 Å². The Morgan fingerprint density at radius 3 is 2.35 bits per heavy atom. The Morgan fingerprint density at radius 1 is 0.968 bits per heavy atom. The summed E-state index contributed by atoms with van der Waals surface area (Å²) in [5, 5.41) is 0. The molecule has 0 saturated heterocycles. The number of rotatable bonds is 8. The van der Waals surface area contributed by atoms with Gasteiger partial charge in [0.05, 0.1) is 6.61 Å². The van der Waals surface area contributed by atoms with Gasteiger partial charge in [-0.25, -0.2) is 4.79 Å². The minimum absolute atomic E-state index is 0. The summed E-state index contributed by atoms with van der Waals surface area (Å²) in [6.07, 6.45) is 1.46. The molecule has 1 aliphatic rings. The number of hydrogen-bond donors (Lipinski definition) is 1. The smallest absolute Gasteiger partial charge is 0.346 e. The summed E-state index contributed by atoms with van der Waals surface area (Å²) < 4.78 is 17.2. The van der Waals surface area contributed by atoms with Gasteiger partial charge in [-0.2, -0.15) is 0 Å². The van der Waals surface area contributed by atoms with Gasteiger partial charge in [-0.3, -0.25) is 0 Å². The van der Waals surface area contributed by atoms with Crippen molar-refractivity contribution in [2.24, 2.45) is 5.73 Å². The number of halogens is 1. The first-order valence-electron chi connectivity index (χ1n) is 10.1. The summed E-state index contributed by atoms with van der Waals surface area (Å²) in [7, 11) is 0. The summed E-state index contributed by atoms with van der Waals surface area (Å²) in [6, 6.07) is 23.2. The van der Waals surface area contributed by atoms with Gasteiger partial charge >= 0.3 is 5.97 Å². The summed E-state index contributed by atoms with van der Waals surface area (Å²) in [5.41, 5.74) is 9.65. The van der Waals surface area contributed by atoms with Gasteiger partial charge in [0, 0.05) is 12.5 Å². The minimum atomic E-state index is -0.454. The number of fused-ring (bicyclic) bond motifs is 1. The molecule has 3 aromatic rings. The van der Waals surface area contributed by atoms with Crippen molar-refractivity contribution in [2.45, 2.75) is 25.5 Å². The van der Waals surface area contributed by atoms with Crippen LogP contribution >= 0.6 is 12.4 Å². The first-order valence-corrected chi connectivity index (χ1v) is 10.1. The maximum atomic E-state index is 12.9. The highest BCUT2D eigenvalue weighted by atomic mass is 35.5. The van der Waals surface area contributed by atoms with E-state index < -0.39 is 5.97 Å². The largest absolute Gasteiger partial charge is 0.492 e. The molecule has 0 amide bonds. The Labute approximate surface area is 188 Å². The van der Waals surface area contributed by atoms with Crippen LogP contribution in [0.5, 0.6) is 11.5 Å². The molecule has 4 rings (SSSR count). The minimum Gasteiger partial charge on any atom is -0.492 e. The molecular formula is C25H26ClNO4. The van der Waals surface area contributed by atoms with E-state index in [-0.39, 0.29) is 31.7 Å². The molecule has 0 fully saturated rings. The molecule has 0 aliphatic carbocycles. The van der Waals surface area contributed by atoms with Crippen LogP contribution in [0, 0.1) is 0 Å². The van der Waals surface area contributed by atoms with E-state index in [4.69, 9.17) is 19.9 Å². The van der Waals surface area contributed by atoms with Gasteiger partial charge in [0.1, 0.15) is 30.3 Å². The van der Waals surface area contributed by atoms with Crippen LogP contribution in [0.15, 0.2) is 72.8 Å². The summed E-state index contributed by atoms with van der Waals surface area (Å²) in [5.74, 6) is 0.545. The van der Waals surface area contributed by atoms with E-state index in [1.165, 1.54) is 0 Å². The van der Waals surface area contributed by atoms with Gasteiger partial charge in [0.2, 0.25) is 0 Å². The molecule has 0 aromatic heterocycles. The van der Waals surface area contributed by atoms with Crippen molar-refractivity contribution in [3.63, 3.8) is 0 Å². The number of ether oxygens (including phenoxy) is 3. The average molecular weight is 440 g/mol. The van der Waals surface area contributed by atoms with Crippen molar-refractivity contribution in [1.29, 1.82) is 0 Å². The fourth-order valence-electron chi connectivity index (χ4n) is 3.51. The Morgan fingerprint density at radius 2 is 1.65 bits per heavy atom. The molecule has 0 radical (unpaired) electrons. The van der Waals surface area contributed by atoms with Gasteiger partial charge in [-0.15, -0.1) is 12.4 Å². The monoisotopic (exact) mass is 439 g/mol. The van der Waals surface area contributed by atoms with Gasteiger partial charge in [0.15, 0.2) is 0 Å². The number of benzene rings is 3.